The normalized spacial score (nSPS) is 10.8. The van der Waals surface area contributed by atoms with Crippen molar-refractivity contribution in [3.05, 3.63) is 34.6 Å². The summed E-state index contributed by atoms with van der Waals surface area (Å²) in [7, 11) is 3.47. The second-order valence-corrected chi connectivity index (χ2v) is 5.57. The van der Waals surface area contributed by atoms with Gasteiger partial charge in [-0.25, -0.2) is 9.97 Å². The van der Waals surface area contributed by atoms with E-state index in [1.54, 1.807) is 7.11 Å². The van der Waals surface area contributed by atoms with Crippen LogP contribution in [0.5, 0.6) is 5.75 Å². The fraction of sp³-hybridized carbons (Fsp3) is 0.375. The highest BCUT2D eigenvalue weighted by Gasteiger charge is 2.15. The second kappa shape index (κ2) is 6.31. The molecule has 2 aromatic rings. The van der Waals surface area contributed by atoms with Crippen molar-refractivity contribution in [3.8, 4) is 17.0 Å². The third kappa shape index (κ3) is 3.10. The van der Waals surface area contributed by atoms with Gasteiger partial charge >= 0.3 is 0 Å². The number of benzene rings is 1. The van der Waals surface area contributed by atoms with Gasteiger partial charge < -0.3 is 10.1 Å². The van der Waals surface area contributed by atoms with Crippen LogP contribution in [-0.4, -0.2) is 24.1 Å². The number of ether oxygens (including phenoxy) is 1. The Morgan fingerprint density at radius 1 is 1.24 bits per heavy atom. The highest BCUT2D eigenvalue weighted by Crippen LogP contribution is 2.33. The highest BCUT2D eigenvalue weighted by atomic mass is 35.5. The topological polar surface area (TPSA) is 47.0 Å². The van der Waals surface area contributed by atoms with E-state index >= 15 is 0 Å². The van der Waals surface area contributed by atoms with Gasteiger partial charge in [-0.15, -0.1) is 0 Å². The zero-order valence-corrected chi connectivity index (χ0v) is 13.7. The molecule has 0 aliphatic heterocycles. The van der Waals surface area contributed by atoms with E-state index in [1.807, 2.05) is 32.2 Å². The zero-order valence-electron chi connectivity index (χ0n) is 13.0. The predicted molar refractivity (Wildman–Crippen MR) is 87.4 cm³/mol. The average molecular weight is 306 g/mol. The second-order valence-electron chi connectivity index (χ2n) is 5.16. The van der Waals surface area contributed by atoms with Gasteiger partial charge in [-0.05, 0) is 19.1 Å². The first-order valence-corrected chi connectivity index (χ1v) is 7.26. The van der Waals surface area contributed by atoms with E-state index in [9.17, 15) is 0 Å². The van der Waals surface area contributed by atoms with Crippen LogP contribution in [-0.2, 0) is 0 Å². The van der Waals surface area contributed by atoms with Crippen molar-refractivity contribution in [2.45, 2.75) is 26.7 Å². The SMILES string of the molecule is CNc1nc(C(C)C)nc(-c2ccc(Cl)c(OC)c2)c1C. The van der Waals surface area contributed by atoms with Crippen LogP contribution in [0.15, 0.2) is 18.2 Å². The molecule has 0 saturated carbocycles. The Balaban J connectivity index is 2.64. The first-order chi connectivity index (χ1) is 9.97. The molecule has 0 saturated heterocycles. The van der Waals surface area contributed by atoms with Crippen molar-refractivity contribution in [2.75, 3.05) is 19.5 Å². The molecule has 1 aromatic heterocycles. The van der Waals surface area contributed by atoms with E-state index < -0.39 is 0 Å². The molecule has 0 spiro atoms. The smallest absolute Gasteiger partial charge is 0.138 e. The Morgan fingerprint density at radius 3 is 2.52 bits per heavy atom. The average Bonchev–Trinajstić information content (AvgIpc) is 2.48. The van der Waals surface area contributed by atoms with E-state index in [2.05, 4.69) is 24.1 Å². The maximum atomic E-state index is 6.09. The Morgan fingerprint density at radius 2 is 1.95 bits per heavy atom. The summed E-state index contributed by atoms with van der Waals surface area (Å²) in [6, 6.07) is 5.68. The summed E-state index contributed by atoms with van der Waals surface area (Å²) in [4.78, 5) is 9.26. The minimum Gasteiger partial charge on any atom is -0.495 e. The summed E-state index contributed by atoms with van der Waals surface area (Å²) < 4.78 is 5.29. The van der Waals surface area contributed by atoms with Crippen molar-refractivity contribution < 1.29 is 4.74 Å². The van der Waals surface area contributed by atoms with Crippen molar-refractivity contribution in [1.82, 2.24) is 9.97 Å². The molecule has 0 amide bonds. The van der Waals surface area contributed by atoms with Crippen molar-refractivity contribution in [1.29, 1.82) is 0 Å². The lowest BCUT2D eigenvalue weighted by Gasteiger charge is -2.15. The monoisotopic (exact) mass is 305 g/mol. The molecule has 0 aliphatic carbocycles. The number of anilines is 1. The van der Waals surface area contributed by atoms with Gasteiger partial charge in [0.25, 0.3) is 0 Å². The molecule has 0 aliphatic rings. The molecule has 4 nitrogen and oxygen atoms in total. The largest absolute Gasteiger partial charge is 0.495 e. The Labute approximate surface area is 130 Å². The Kier molecular flexibility index (Phi) is 4.68. The molecule has 1 aromatic carbocycles. The fourth-order valence-corrected chi connectivity index (χ4v) is 2.32. The van der Waals surface area contributed by atoms with Gasteiger partial charge in [0.05, 0.1) is 17.8 Å². The summed E-state index contributed by atoms with van der Waals surface area (Å²) in [6.07, 6.45) is 0. The van der Waals surface area contributed by atoms with Crippen LogP contribution < -0.4 is 10.1 Å². The molecule has 0 atom stereocenters. The summed E-state index contributed by atoms with van der Waals surface area (Å²) in [6.45, 7) is 6.17. The third-order valence-corrected chi connectivity index (χ3v) is 3.65. The van der Waals surface area contributed by atoms with Crippen LogP contribution in [0, 0.1) is 6.92 Å². The zero-order chi connectivity index (χ0) is 15.6. The number of nitrogens with one attached hydrogen (secondary N) is 1. The third-order valence-electron chi connectivity index (χ3n) is 3.34. The van der Waals surface area contributed by atoms with Crippen LogP contribution in [0.1, 0.15) is 31.2 Å². The summed E-state index contributed by atoms with van der Waals surface area (Å²) in [5.74, 6) is 2.56. The molecule has 1 heterocycles. The van der Waals surface area contributed by atoms with Crippen molar-refractivity contribution >= 4 is 17.4 Å². The van der Waals surface area contributed by atoms with Gasteiger partial charge in [-0.2, -0.15) is 0 Å². The van der Waals surface area contributed by atoms with Gasteiger partial charge in [-0.1, -0.05) is 31.5 Å². The lowest BCUT2D eigenvalue weighted by Crippen LogP contribution is -2.06. The van der Waals surface area contributed by atoms with Gasteiger partial charge in [0.1, 0.15) is 17.4 Å². The van der Waals surface area contributed by atoms with Crippen molar-refractivity contribution in [3.63, 3.8) is 0 Å². The lowest BCUT2D eigenvalue weighted by atomic mass is 10.1. The predicted octanol–water partition coefficient (Wildman–Crippen LogP) is 4.28. The van der Waals surface area contributed by atoms with Crippen LogP contribution in [0.25, 0.3) is 11.3 Å². The molecule has 0 unspecified atom stereocenters. The van der Waals surface area contributed by atoms with Gasteiger partial charge in [0.2, 0.25) is 0 Å². The molecule has 0 bridgehead atoms. The minimum absolute atomic E-state index is 0.255. The van der Waals surface area contributed by atoms with Gasteiger partial charge in [0.15, 0.2) is 0 Å². The maximum Gasteiger partial charge on any atom is 0.138 e. The highest BCUT2D eigenvalue weighted by molar-refractivity contribution is 6.32. The molecule has 5 heteroatoms. The first-order valence-electron chi connectivity index (χ1n) is 6.88. The van der Waals surface area contributed by atoms with Gasteiger partial charge in [0, 0.05) is 24.1 Å². The summed E-state index contributed by atoms with van der Waals surface area (Å²) in [5, 5.41) is 3.72. The van der Waals surface area contributed by atoms with Crippen LogP contribution in [0.3, 0.4) is 0 Å². The number of aromatic nitrogens is 2. The number of rotatable bonds is 4. The minimum atomic E-state index is 0.255. The standard InChI is InChI=1S/C16H20ClN3O/c1-9(2)15-19-14(10(3)16(18-4)20-15)11-6-7-12(17)13(8-11)21-5/h6-9H,1-5H3,(H,18,19,20). The maximum absolute atomic E-state index is 6.09. The number of methoxy groups -OCH3 is 1. The first kappa shape index (κ1) is 15.6. The summed E-state index contributed by atoms with van der Waals surface area (Å²) in [5.41, 5.74) is 2.87. The summed E-state index contributed by atoms with van der Waals surface area (Å²) >= 11 is 6.09. The van der Waals surface area contributed by atoms with E-state index in [4.69, 9.17) is 21.3 Å². The van der Waals surface area contributed by atoms with Crippen LogP contribution in [0.4, 0.5) is 5.82 Å². The molecule has 21 heavy (non-hydrogen) atoms. The number of hydrogen-bond acceptors (Lipinski definition) is 4. The molecule has 0 radical (unpaired) electrons. The molecule has 2 rings (SSSR count). The van der Waals surface area contributed by atoms with E-state index in [1.165, 1.54) is 0 Å². The number of nitrogens with zero attached hydrogens (tertiary/aromatic N) is 2. The molecule has 0 fully saturated rings. The number of halogens is 1. The van der Waals surface area contributed by atoms with Gasteiger partial charge in [-0.3, -0.25) is 0 Å². The fourth-order valence-electron chi connectivity index (χ4n) is 2.12. The molecule has 112 valence electrons. The van der Waals surface area contributed by atoms with E-state index in [0.717, 1.165) is 28.5 Å². The molecular formula is C16H20ClN3O. The molecule has 1 N–H and O–H groups in total. The van der Waals surface area contributed by atoms with Crippen LogP contribution in [0.2, 0.25) is 5.02 Å². The van der Waals surface area contributed by atoms with Crippen LogP contribution >= 0.6 is 11.6 Å². The Hall–Kier alpha value is -1.81. The number of hydrogen-bond donors (Lipinski definition) is 1. The van der Waals surface area contributed by atoms with Crippen molar-refractivity contribution in [2.24, 2.45) is 0 Å². The lowest BCUT2D eigenvalue weighted by molar-refractivity contribution is 0.415. The van der Waals surface area contributed by atoms with E-state index in [-0.39, 0.29) is 5.92 Å². The Bertz CT molecular complexity index is 656. The quantitative estimate of drug-likeness (QED) is 0.916. The van der Waals surface area contributed by atoms with E-state index in [0.29, 0.717) is 10.8 Å². The molecular weight excluding hydrogens is 286 g/mol.